The van der Waals surface area contributed by atoms with Crippen LogP contribution in [-0.2, 0) is 11.8 Å². The molecule has 0 aliphatic heterocycles. The molecule has 0 saturated heterocycles. The number of pyridine rings is 1. The summed E-state index contributed by atoms with van der Waals surface area (Å²) in [7, 11) is 1.63. The van der Waals surface area contributed by atoms with Crippen LogP contribution >= 0.6 is 11.8 Å². The standard InChI is InChI=1S/C20H22N4O4S/c1-20(2,3)28-19(26)23-13-7-6-12(10-15(13)29-5)27-14-8-9-21-18-17(14)22-11-16(25)24(18)4/h6-11H,1-5H3,(H,23,26). The van der Waals surface area contributed by atoms with Crippen molar-refractivity contribution in [3.63, 3.8) is 0 Å². The summed E-state index contributed by atoms with van der Waals surface area (Å²) in [5.41, 5.74) is 0.713. The number of hydrogen-bond acceptors (Lipinski definition) is 7. The highest BCUT2D eigenvalue weighted by Crippen LogP contribution is 2.33. The predicted molar refractivity (Wildman–Crippen MR) is 113 cm³/mol. The van der Waals surface area contributed by atoms with E-state index in [1.54, 1.807) is 31.4 Å². The summed E-state index contributed by atoms with van der Waals surface area (Å²) in [6, 6.07) is 6.98. The first-order valence-electron chi connectivity index (χ1n) is 8.84. The molecule has 2 aromatic heterocycles. The van der Waals surface area contributed by atoms with Gasteiger partial charge in [0.15, 0.2) is 11.4 Å². The van der Waals surface area contributed by atoms with Gasteiger partial charge in [0.05, 0.1) is 11.9 Å². The van der Waals surface area contributed by atoms with Gasteiger partial charge in [0.1, 0.15) is 16.9 Å². The maximum atomic E-state index is 12.1. The summed E-state index contributed by atoms with van der Waals surface area (Å²) >= 11 is 1.46. The van der Waals surface area contributed by atoms with E-state index in [9.17, 15) is 9.59 Å². The smallest absolute Gasteiger partial charge is 0.412 e. The zero-order valence-electron chi connectivity index (χ0n) is 16.8. The molecule has 3 rings (SSSR count). The molecule has 9 heteroatoms. The topological polar surface area (TPSA) is 95.3 Å². The molecule has 0 saturated carbocycles. The molecule has 1 aromatic carbocycles. The number of rotatable bonds is 4. The lowest BCUT2D eigenvalue weighted by Gasteiger charge is -2.20. The van der Waals surface area contributed by atoms with Gasteiger partial charge in [0.25, 0.3) is 5.56 Å². The first-order valence-corrected chi connectivity index (χ1v) is 10.1. The van der Waals surface area contributed by atoms with Crippen LogP contribution in [0, 0.1) is 0 Å². The second-order valence-electron chi connectivity index (χ2n) is 7.23. The zero-order valence-corrected chi connectivity index (χ0v) is 17.7. The van der Waals surface area contributed by atoms with Gasteiger partial charge in [-0.15, -0.1) is 11.8 Å². The second-order valence-corrected chi connectivity index (χ2v) is 8.08. The van der Waals surface area contributed by atoms with Gasteiger partial charge in [-0.05, 0) is 45.2 Å². The molecule has 0 fully saturated rings. The fourth-order valence-electron chi connectivity index (χ4n) is 2.56. The van der Waals surface area contributed by atoms with Gasteiger partial charge in [0.2, 0.25) is 0 Å². The molecule has 0 unspecified atom stereocenters. The largest absolute Gasteiger partial charge is 0.455 e. The minimum atomic E-state index is -0.581. The Morgan fingerprint density at radius 1 is 1.21 bits per heavy atom. The first kappa shape index (κ1) is 20.7. The van der Waals surface area contributed by atoms with Crippen LogP contribution < -0.4 is 15.6 Å². The Balaban J connectivity index is 1.88. The molecule has 2 heterocycles. The number of aromatic nitrogens is 3. The molecule has 1 N–H and O–H groups in total. The Hall–Kier alpha value is -3.07. The van der Waals surface area contributed by atoms with Crippen LogP contribution in [0.1, 0.15) is 20.8 Å². The van der Waals surface area contributed by atoms with Crippen molar-refractivity contribution in [2.45, 2.75) is 31.3 Å². The van der Waals surface area contributed by atoms with Crippen molar-refractivity contribution in [3.8, 4) is 11.5 Å². The number of ether oxygens (including phenoxy) is 2. The van der Waals surface area contributed by atoms with Crippen molar-refractivity contribution in [1.82, 2.24) is 14.5 Å². The van der Waals surface area contributed by atoms with Crippen molar-refractivity contribution >= 4 is 34.7 Å². The third-order valence-corrected chi connectivity index (χ3v) is 4.63. The molecule has 1 amide bonds. The molecular weight excluding hydrogens is 392 g/mol. The summed E-state index contributed by atoms with van der Waals surface area (Å²) in [6.07, 6.45) is 4.18. The molecule has 0 aliphatic rings. The van der Waals surface area contributed by atoms with E-state index in [0.717, 1.165) is 4.90 Å². The van der Waals surface area contributed by atoms with Gasteiger partial charge in [-0.1, -0.05) is 0 Å². The van der Waals surface area contributed by atoms with E-state index in [0.29, 0.717) is 28.4 Å². The fourth-order valence-corrected chi connectivity index (χ4v) is 3.14. The third-order valence-electron chi connectivity index (χ3n) is 3.86. The van der Waals surface area contributed by atoms with Crippen molar-refractivity contribution in [2.75, 3.05) is 11.6 Å². The molecule has 3 aromatic rings. The van der Waals surface area contributed by atoms with Gasteiger partial charge >= 0.3 is 6.09 Å². The minimum absolute atomic E-state index is 0.246. The van der Waals surface area contributed by atoms with Crippen molar-refractivity contribution in [1.29, 1.82) is 0 Å². The molecule has 152 valence electrons. The quantitative estimate of drug-likeness (QED) is 0.640. The number of benzene rings is 1. The Bertz CT molecular complexity index is 1120. The highest BCUT2D eigenvalue weighted by atomic mass is 32.2. The summed E-state index contributed by atoms with van der Waals surface area (Å²) in [5, 5.41) is 2.75. The number of hydrogen-bond donors (Lipinski definition) is 1. The van der Waals surface area contributed by atoms with E-state index in [1.807, 2.05) is 33.1 Å². The van der Waals surface area contributed by atoms with E-state index < -0.39 is 11.7 Å². The summed E-state index contributed by atoms with van der Waals surface area (Å²) in [4.78, 5) is 33.0. The van der Waals surface area contributed by atoms with Gasteiger partial charge < -0.3 is 9.47 Å². The fraction of sp³-hybridized carbons (Fsp3) is 0.300. The van der Waals surface area contributed by atoms with Gasteiger partial charge in [-0.2, -0.15) is 0 Å². The van der Waals surface area contributed by atoms with Gasteiger partial charge in [-0.25, -0.2) is 14.8 Å². The van der Waals surface area contributed by atoms with Crippen molar-refractivity contribution in [3.05, 3.63) is 47.0 Å². The van der Waals surface area contributed by atoms with Gasteiger partial charge in [0, 0.05) is 24.2 Å². The molecule has 0 aliphatic carbocycles. The van der Waals surface area contributed by atoms with Crippen molar-refractivity contribution in [2.24, 2.45) is 7.05 Å². The number of carbonyl (C=O) groups excluding carboxylic acids is 1. The van der Waals surface area contributed by atoms with Crippen LogP contribution in [0.5, 0.6) is 11.5 Å². The van der Waals surface area contributed by atoms with Crippen LogP contribution in [-0.4, -0.2) is 32.5 Å². The molecular formula is C20H22N4O4S. The Kier molecular flexibility index (Phi) is 5.78. The van der Waals surface area contributed by atoms with Crippen LogP contribution in [0.3, 0.4) is 0 Å². The number of nitrogens with one attached hydrogen (secondary N) is 1. The lowest BCUT2D eigenvalue weighted by molar-refractivity contribution is 0.0635. The van der Waals surface area contributed by atoms with E-state index in [2.05, 4.69) is 15.3 Å². The van der Waals surface area contributed by atoms with E-state index in [-0.39, 0.29) is 5.56 Å². The zero-order chi connectivity index (χ0) is 21.2. The van der Waals surface area contributed by atoms with E-state index in [4.69, 9.17) is 9.47 Å². The SMILES string of the molecule is CSc1cc(Oc2ccnc3c2ncc(=O)n3C)ccc1NC(=O)OC(C)(C)C. The lowest BCUT2D eigenvalue weighted by Crippen LogP contribution is -2.27. The monoisotopic (exact) mass is 414 g/mol. The molecule has 8 nitrogen and oxygen atoms in total. The average Bonchev–Trinajstić information content (AvgIpc) is 2.64. The highest BCUT2D eigenvalue weighted by molar-refractivity contribution is 7.98. The van der Waals surface area contributed by atoms with E-state index >= 15 is 0 Å². The number of fused-ring (bicyclic) bond motifs is 1. The molecule has 0 bridgehead atoms. The Morgan fingerprint density at radius 3 is 2.66 bits per heavy atom. The van der Waals surface area contributed by atoms with Crippen LogP contribution in [0.25, 0.3) is 11.2 Å². The number of amides is 1. The number of carbonyl (C=O) groups is 1. The van der Waals surface area contributed by atoms with Crippen LogP contribution in [0.15, 0.2) is 46.3 Å². The van der Waals surface area contributed by atoms with E-state index in [1.165, 1.54) is 22.5 Å². The Labute approximate surface area is 172 Å². The second kappa shape index (κ2) is 8.12. The highest BCUT2D eigenvalue weighted by Gasteiger charge is 2.18. The normalized spacial score (nSPS) is 11.3. The average molecular weight is 414 g/mol. The Morgan fingerprint density at radius 2 is 1.97 bits per heavy atom. The molecule has 0 atom stereocenters. The maximum absolute atomic E-state index is 12.1. The molecule has 0 spiro atoms. The minimum Gasteiger partial charge on any atom is -0.455 e. The number of thioether (sulfide) groups is 1. The first-order chi connectivity index (χ1) is 13.7. The number of nitrogens with zero attached hydrogens (tertiary/aromatic N) is 3. The molecule has 0 radical (unpaired) electrons. The van der Waals surface area contributed by atoms with Crippen LogP contribution in [0.2, 0.25) is 0 Å². The van der Waals surface area contributed by atoms with Crippen LogP contribution in [0.4, 0.5) is 10.5 Å². The maximum Gasteiger partial charge on any atom is 0.412 e. The third kappa shape index (κ3) is 4.86. The van der Waals surface area contributed by atoms with Gasteiger partial charge in [-0.3, -0.25) is 14.7 Å². The number of aryl methyl sites for hydroxylation is 1. The number of anilines is 1. The predicted octanol–water partition coefficient (Wildman–Crippen LogP) is 4.19. The summed E-state index contributed by atoms with van der Waals surface area (Å²) < 4.78 is 12.7. The molecule has 29 heavy (non-hydrogen) atoms. The summed E-state index contributed by atoms with van der Waals surface area (Å²) in [5.74, 6) is 1.04. The lowest BCUT2D eigenvalue weighted by atomic mass is 10.2. The summed E-state index contributed by atoms with van der Waals surface area (Å²) in [6.45, 7) is 5.42. The van der Waals surface area contributed by atoms with Crippen molar-refractivity contribution < 1.29 is 14.3 Å².